The van der Waals surface area contributed by atoms with Gasteiger partial charge in [-0.15, -0.1) is 12.4 Å². The number of halogens is 2. The van der Waals surface area contributed by atoms with E-state index >= 15 is 0 Å². The highest BCUT2D eigenvalue weighted by atomic mass is 35.5. The summed E-state index contributed by atoms with van der Waals surface area (Å²) in [7, 11) is 0. The molecular weight excluding hydrogens is 367 g/mol. The van der Waals surface area contributed by atoms with Crippen molar-refractivity contribution >= 4 is 18.3 Å². The molecule has 0 bridgehead atoms. The maximum atomic E-state index is 12.9. The van der Waals surface area contributed by atoms with Crippen LogP contribution in [0.4, 0.5) is 4.39 Å². The Labute approximate surface area is 164 Å². The second-order valence-electron chi connectivity index (χ2n) is 7.29. The van der Waals surface area contributed by atoms with Gasteiger partial charge in [0.1, 0.15) is 17.3 Å². The first-order chi connectivity index (χ1) is 12.6. The summed E-state index contributed by atoms with van der Waals surface area (Å²) in [6.45, 7) is 2.58. The Kier molecular flexibility index (Phi) is 6.02. The van der Waals surface area contributed by atoms with E-state index in [0.717, 1.165) is 37.9 Å². The van der Waals surface area contributed by atoms with Crippen LogP contribution in [0.2, 0.25) is 0 Å². The van der Waals surface area contributed by atoms with Gasteiger partial charge in [-0.25, -0.2) is 4.39 Å². The van der Waals surface area contributed by atoms with E-state index in [2.05, 4.69) is 10.6 Å². The highest BCUT2D eigenvalue weighted by Gasteiger charge is 2.57. The third-order valence-electron chi connectivity index (χ3n) is 5.54. The third-order valence-corrected chi connectivity index (χ3v) is 5.54. The predicted octanol–water partition coefficient (Wildman–Crippen LogP) is 4.05. The normalized spacial score (nSPS) is 19.8. The van der Waals surface area contributed by atoms with Gasteiger partial charge in [-0.2, -0.15) is 0 Å². The monoisotopic (exact) mass is 390 g/mol. The molecule has 1 unspecified atom stereocenters. The van der Waals surface area contributed by atoms with Gasteiger partial charge in [0.15, 0.2) is 0 Å². The molecule has 1 amide bonds. The minimum Gasteiger partial charge on any atom is -0.457 e. The number of rotatable bonds is 5. The SMILES string of the molecule is Cl.O=C(NCc1ccc(Oc2ccc(F)cc2)cc1)C1CC12CCNCC2. The first kappa shape index (κ1) is 19.6. The van der Waals surface area contributed by atoms with Crippen molar-refractivity contribution in [2.24, 2.45) is 11.3 Å². The summed E-state index contributed by atoms with van der Waals surface area (Å²) in [6.07, 6.45) is 3.26. The van der Waals surface area contributed by atoms with Gasteiger partial charge in [0.2, 0.25) is 5.91 Å². The van der Waals surface area contributed by atoms with Crippen LogP contribution in [-0.4, -0.2) is 19.0 Å². The fourth-order valence-corrected chi connectivity index (χ4v) is 3.82. The van der Waals surface area contributed by atoms with E-state index in [-0.39, 0.29) is 35.5 Å². The number of carbonyl (C=O) groups is 1. The zero-order chi connectivity index (χ0) is 18.0. The number of benzene rings is 2. The van der Waals surface area contributed by atoms with E-state index in [0.29, 0.717) is 18.0 Å². The lowest BCUT2D eigenvalue weighted by Crippen LogP contribution is -2.33. The van der Waals surface area contributed by atoms with E-state index in [4.69, 9.17) is 4.74 Å². The molecule has 6 heteroatoms. The standard InChI is InChI=1S/C21H23FN2O2.ClH/c22-16-3-7-18(8-4-16)26-17-5-1-15(2-6-17)14-24-20(25)19-13-21(19)9-11-23-12-10-21;/h1-8,19,23H,9-14H2,(H,24,25);1H. The lowest BCUT2D eigenvalue weighted by Gasteiger charge is -2.23. The van der Waals surface area contributed by atoms with E-state index in [1.54, 1.807) is 12.1 Å². The summed E-state index contributed by atoms with van der Waals surface area (Å²) in [5.74, 6) is 1.35. The van der Waals surface area contributed by atoms with Crippen LogP contribution in [0, 0.1) is 17.2 Å². The van der Waals surface area contributed by atoms with E-state index < -0.39 is 0 Å². The molecule has 2 aliphatic rings. The molecule has 1 spiro atoms. The molecule has 2 fully saturated rings. The second kappa shape index (κ2) is 8.28. The highest BCUT2D eigenvalue weighted by molar-refractivity contribution is 5.85. The molecule has 2 aromatic carbocycles. The molecule has 1 heterocycles. The summed E-state index contributed by atoms with van der Waals surface area (Å²) < 4.78 is 18.6. The van der Waals surface area contributed by atoms with Crippen LogP contribution in [0.3, 0.4) is 0 Å². The average Bonchev–Trinajstić information content (AvgIpc) is 3.36. The molecular formula is C21H24ClFN2O2. The van der Waals surface area contributed by atoms with Gasteiger partial charge in [-0.05, 0) is 79.7 Å². The summed E-state index contributed by atoms with van der Waals surface area (Å²) in [5, 5.41) is 6.43. The number of carbonyl (C=O) groups excluding carboxylic acids is 1. The Balaban J connectivity index is 0.00000210. The summed E-state index contributed by atoms with van der Waals surface area (Å²) >= 11 is 0. The summed E-state index contributed by atoms with van der Waals surface area (Å²) in [5.41, 5.74) is 1.30. The van der Waals surface area contributed by atoms with Crippen molar-refractivity contribution < 1.29 is 13.9 Å². The lowest BCUT2D eigenvalue weighted by atomic mass is 9.92. The molecule has 1 atom stereocenters. The van der Waals surface area contributed by atoms with E-state index in [9.17, 15) is 9.18 Å². The predicted molar refractivity (Wildman–Crippen MR) is 105 cm³/mol. The zero-order valence-corrected chi connectivity index (χ0v) is 15.9. The molecule has 2 aromatic rings. The van der Waals surface area contributed by atoms with Gasteiger partial charge in [0.25, 0.3) is 0 Å². The molecule has 0 radical (unpaired) electrons. The maximum Gasteiger partial charge on any atom is 0.223 e. The fraction of sp³-hybridized carbons (Fsp3) is 0.381. The minimum absolute atomic E-state index is 0. The van der Waals surface area contributed by atoms with Gasteiger partial charge < -0.3 is 15.4 Å². The van der Waals surface area contributed by atoms with Crippen molar-refractivity contribution in [2.75, 3.05) is 13.1 Å². The first-order valence-corrected chi connectivity index (χ1v) is 9.15. The molecule has 1 saturated carbocycles. The quantitative estimate of drug-likeness (QED) is 0.809. The molecule has 1 aliphatic carbocycles. The van der Waals surface area contributed by atoms with Crippen molar-refractivity contribution in [1.29, 1.82) is 0 Å². The lowest BCUT2D eigenvalue weighted by molar-refractivity contribution is -0.123. The number of piperidine rings is 1. The van der Waals surface area contributed by atoms with E-state index in [1.807, 2.05) is 24.3 Å². The van der Waals surface area contributed by atoms with Crippen LogP contribution < -0.4 is 15.4 Å². The zero-order valence-electron chi connectivity index (χ0n) is 15.0. The number of hydrogen-bond donors (Lipinski definition) is 2. The molecule has 4 rings (SSSR count). The Bertz CT molecular complexity index is 774. The molecule has 1 aliphatic heterocycles. The Morgan fingerprint density at radius 2 is 1.67 bits per heavy atom. The number of ether oxygens (including phenoxy) is 1. The molecule has 4 nitrogen and oxygen atoms in total. The van der Waals surface area contributed by atoms with Crippen molar-refractivity contribution in [3.8, 4) is 11.5 Å². The van der Waals surface area contributed by atoms with Gasteiger partial charge in [0.05, 0.1) is 0 Å². The van der Waals surface area contributed by atoms with Gasteiger partial charge in [0, 0.05) is 12.5 Å². The van der Waals surface area contributed by atoms with Crippen LogP contribution in [0.5, 0.6) is 11.5 Å². The van der Waals surface area contributed by atoms with Crippen LogP contribution in [-0.2, 0) is 11.3 Å². The van der Waals surface area contributed by atoms with Crippen molar-refractivity contribution in [3.63, 3.8) is 0 Å². The van der Waals surface area contributed by atoms with Gasteiger partial charge in [-0.1, -0.05) is 12.1 Å². The van der Waals surface area contributed by atoms with Crippen LogP contribution in [0.1, 0.15) is 24.8 Å². The van der Waals surface area contributed by atoms with Crippen LogP contribution >= 0.6 is 12.4 Å². The third kappa shape index (κ3) is 4.60. The average molecular weight is 391 g/mol. The number of hydrogen-bond acceptors (Lipinski definition) is 3. The minimum atomic E-state index is -0.287. The van der Waals surface area contributed by atoms with Gasteiger partial charge in [-0.3, -0.25) is 4.79 Å². The summed E-state index contributed by atoms with van der Waals surface area (Å²) in [4.78, 5) is 12.4. The second-order valence-corrected chi connectivity index (χ2v) is 7.29. The fourth-order valence-electron chi connectivity index (χ4n) is 3.82. The first-order valence-electron chi connectivity index (χ1n) is 9.15. The molecule has 144 valence electrons. The highest BCUT2D eigenvalue weighted by Crippen LogP contribution is 2.58. The van der Waals surface area contributed by atoms with Gasteiger partial charge >= 0.3 is 0 Å². The maximum absolute atomic E-state index is 12.9. The Hall–Kier alpha value is -2.11. The smallest absolute Gasteiger partial charge is 0.223 e. The summed E-state index contributed by atoms with van der Waals surface area (Å²) in [6, 6.07) is 13.5. The van der Waals surface area contributed by atoms with Crippen LogP contribution in [0.15, 0.2) is 48.5 Å². The molecule has 27 heavy (non-hydrogen) atoms. The topological polar surface area (TPSA) is 50.4 Å². The molecule has 2 N–H and O–H groups in total. The number of nitrogens with one attached hydrogen (secondary N) is 2. The molecule has 0 aromatic heterocycles. The number of amides is 1. The Morgan fingerprint density at radius 3 is 2.30 bits per heavy atom. The van der Waals surface area contributed by atoms with E-state index in [1.165, 1.54) is 12.1 Å². The Morgan fingerprint density at radius 1 is 1.07 bits per heavy atom. The molecule has 1 saturated heterocycles. The van der Waals surface area contributed by atoms with Crippen molar-refractivity contribution in [1.82, 2.24) is 10.6 Å². The largest absolute Gasteiger partial charge is 0.457 e. The van der Waals surface area contributed by atoms with Crippen LogP contribution in [0.25, 0.3) is 0 Å². The van der Waals surface area contributed by atoms with Crippen molar-refractivity contribution in [2.45, 2.75) is 25.8 Å². The van der Waals surface area contributed by atoms with Crippen molar-refractivity contribution in [3.05, 3.63) is 59.9 Å².